The minimum absolute atomic E-state index is 0.00810. The van der Waals surface area contributed by atoms with Gasteiger partial charge in [0, 0.05) is 6.92 Å². The highest BCUT2D eigenvalue weighted by Crippen LogP contribution is 1.77. The van der Waals surface area contributed by atoms with Crippen molar-refractivity contribution in [3.8, 4) is 0 Å². The number of amides is 1. The van der Waals surface area contributed by atoms with E-state index in [0.717, 1.165) is 0 Å². The summed E-state index contributed by atoms with van der Waals surface area (Å²) in [6.07, 6.45) is -0.895. The predicted molar refractivity (Wildman–Crippen MR) is 30.8 cm³/mol. The summed E-state index contributed by atoms with van der Waals surface area (Å²) in [7, 11) is 0. The molecular formula is C5H10NO3. The number of aliphatic hydroxyl groups is 2. The van der Waals surface area contributed by atoms with Gasteiger partial charge in [-0.15, -0.1) is 0 Å². The summed E-state index contributed by atoms with van der Waals surface area (Å²) in [6, 6.07) is 0. The maximum Gasteiger partial charge on any atom is 0.238 e. The largest absolute Gasteiger partial charge is 0.394 e. The first-order valence-electron chi connectivity index (χ1n) is 2.63. The highest BCUT2D eigenvalue weighted by Gasteiger charge is 2.02. The Kier molecular flexibility index (Phi) is 4.00. The van der Waals surface area contributed by atoms with Crippen molar-refractivity contribution in [2.45, 2.75) is 13.0 Å². The number of hydrogen-bond donors (Lipinski definition) is 2. The summed E-state index contributed by atoms with van der Waals surface area (Å²) in [5.74, 6) is -0.331. The van der Waals surface area contributed by atoms with Crippen LogP contribution in [0.3, 0.4) is 0 Å². The fourth-order valence-electron chi connectivity index (χ4n) is 0.292. The molecule has 0 saturated carbocycles. The molecule has 0 heterocycles. The molecule has 1 atom stereocenters. The molecular weight excluding hydrogens is 122 g/mol. The molecule has 4 heteroatoms. The number of hydrogen-bond acceptors (Lipinski definition) is 3. The Morgan fingerprint density at radius 3 is 2.67 bits per heavy atom. The first-order chi connectivity index (χ1) is 4.16. The summed E-state index contributed by atoms with van der Waals surface area (Å²) in [5.41, 5.74) is 0. The first-order valence-corrected chi connectivity index (χ1v) is 2.63. The second-order valence-electron chi connectivity index (χ2n) is 1.70. The smallest absolute Gasteiger partial charge is 0.238 e. The van der Waals surface area contributed by atoms with Crippen LogP contribution in [-0.4, -0.2) is 35.4 Å². The van der Waals surface area contributed by atoms with E-state index >= 15 is 0 Å². The van der Waals surface area contributed by atoms with E-state index in [2.05, 4.69) is 5.32 Å². The van der Waals surface area contributed by atoms with Crippen LogP contribution in [0.1, 0.15) is 6.92 Å². The third kappa shape index (κ3) is 5.26. The number of carbonyl (C=O) groups excluding carboxylic acids is 1. The van der Waals surface area contributed by atoms with Crippen LogP contribution in [0.5, 0.6) is 0 Å². The Hall–Kier alpha value is -0.610. The molecule has 0 aliphatic carbocycles. The van der Waals surface area contributed by atoms with Crippen molar-refractivity contribution < 1.29 is 15.0 Å². The van der Waals surface area contributed by atoms with Gasteiger partial charge in [0.25, 0.3) is 0 Å². The SMILES string of the molecule is CC(=O)[N]CC(O)CO. The van der Waals surface area contributed by atoms with Crippen molar-refractivity contribution in [3.63, 3.8) is 0 Å². The molecule has 9 heavy (non-hydrogen) atoms. The fraction of sp³-hybridized carbons (Fsp3) is 0.800. The van der Waals surface area contributed by atoms with Crippen LogP contribution in [0.2, 0.25) is 0 Å². The van der Waals surface area contributed by atoms with Gasteiger partial charge < -0.3 is 10.2 Å². The summed E-state index contributed by atoms with van der Waals surface area (Å²) in [5, 5.41) is 20.2. The van der Waals surface area contributed by atoms with Gasteiger partial charge in [-0.05, 0) is 0 Å². The maximum atomic E-state index is 10.1. The van der Waals surface area contributed by atoms with Gasteiger partial charge >= 0.3 is 0 Å². The quantitative estimate of drug-likeness (QED) is 0.490. The highest BCUT2D eigenvalue weighted by atomic mass is 16.3. The van der Waals surface area contributed by atoms with Crippen molar-refractivity contribution in [3.05, 3.63) is 0 Å². The Morgan fingerprint density at radius 1 is 1.78 bits per heavy atom. The second-order valence-corrected chi connectivity index (χ2v) is 1.70. The van der Waals surface area contributed by atoms with E-state index in [1.165, 1.54) is 6.92 Å². The Morgan fingerprint density at radius 2 is 2.33 bits per heavy atom. The van der Waals surface area contributed by atoms with Crippen LogP contribution in [-0.2, 0) is 4.79 Å². The van der Waals surface area contributed by atoms with E-state index in [1.807, 2.05) is 0 Å². The molecule has 0 fully saturated rings. The number of aliphatic hydroxyl groups excluding tert-OH is 2. The second kappa shape index (κ2) is 4.29. The Labute approximate surface area is 53.5 Å². The maximum absolute atomic E-state index is 10.1. The average Bonchev–Trinajstić information content (AvgIpc) is 1.83. The van der Waals surface area contributed by atoms with Crippen LogP contribution in [0, 0.1) is 0 Å². The van der Waals surface area contributed by atoms with Gasteiger partial charge in [0.05, 0.1) is 19.3 Å². The molecule has 4 nitrogen and oxygen atoms in total. The summed E-state index contributed by atoms with van der Waals surface area (Å²) in [4.78, 5) is 10.1. The molecule has 1 amide bonds. The van der Waals surface area contributed by atoms with Crippen molar-refractivity contribution in [2.75, 3.05) is 13.2 Å². The van der Waals surface area contributed by atoms with Crippen LogP contribution in [0.4, 0.5) is 0 Å². The van der Waals surface area contributed by atoms with E-state index < -0.39 is 6.10 Å². The highest BCUT2D eigenvalue weighted by molar-refractivity contribution is 5.72. The van der Waals surface area contributed by atoms with Crippen LogP contribution in [0.15, 0.2) is 0 Å². The van der Waals surface area contributed by atoms with Gasteiger partial charge in [-0.2, -0.15) is 0 Å². The van der Waals surface area contributed by atoms with E-state index in [9.17, 15) is 4.79 Å². The predicted octanol–water partition coefficient (Wildman–Crippen LogP) is -1.51. The lowest BCUT2D eigenvalue weighted by molar-refractivity contribution is -0.119. The van der Waals surface area contributed by atoms with Gasteiger partial charge in [-0.3, -0.25) is 4.79 Å². The number of nitrogens with zero attached hydrogens (tertiary/aromatic N) is 1. The van der Waals surface area contributed by atoms with Crippen molar-refractivity contribution >= 4 is 5.91 Å². The van der Waals surface area contributed by atoms with E-state index in [1.54, 1.807) is 0 Å². The molecule has 0 rings (SSSR count). The molecule has 1 radical (unpaired) electrons. The Bertz CT molecular complexity index is 94.2. The van der Waals surface area contributed by atoms with Crippen LogP contribution >= 0.6 is 0 Å². The molecule has 0 saturated heterocycles. The molecule has 0 aromatic heterocycles. The molecule has 0 bridgehead atoms. The zero-order valence-electron chi connectivity index (χ0n) is 5.24. The fourth-order valence-corrected chi connectivity index (χ4v) is 0.292. The zero-order chi connectivity index (χ0) is 7.28. The summed E-state index contributed by atoms with van der Waals surface area (Å²) < 4.78 is 0. The molecule has 0 aromatic carbocycles. The Balaban J connectivity index is 3.16. The molecule has 0 aromatic rings. The third-order valence-corrected chi connectivity index (χ3v) is 0.735. The van der Waals surface area contributed by atoms with Crippen LogP contribution in [0.25, 0.3) is 0 Å². The molecule has 0 aliphatic heterocycles. The average molecular weight is 132 g/mol. The minimum Gasteiger partial charge on any atom is -0.394 e. The van der Waals surface area contributed by atoms with E-state index in [0.29, 0.717) is 0 Å². The van der Waals surface area contributed by atoms with Crippen LogP contribution < -0.4 is 5.32 Å². The topological polar surface area (TPSA) is 71.6 Å². The first kappa shape index (κ1) is 8.39. The summed E-state index contributed by atoms with van der Waals surface area (Å²) >= 11 is 0. The zero-order valence-corrected chi connectivity index (χ0v) is 5.24. The lowest BCUT2D eigenvalue weighted by Crippen LogP contribution is -2.26. The van der Waals surface area contributed by atoms with Gasteiger partial charge in [0.2, 0.25) is 5.91 Å². The van der Waals surface area contributed by atoms with Crippen molar-refractivity contribution in [2.24, 2.45) is 0 Å². The van der Waals surface area contributed by atoms with Crippen molar-refractivity contribution in [1.29, 1.82) is 0 Å². The van der Waals surface area contributed by atoms with Gasteiger partial charge in [-0.25, -0.2) is 5.32 Å². The minimum atomic E-state index is -0.895. The molecule has 0 spiro atoms. The summed E-state index contributed by atoms with van der Waals surface area (Å²) in [6.45, 7) is 0.937. The normalized spacial score (nSPS) is 12.8. The van der Waals surface area contributed by atoms with E-state index in [-0.39, 0.29) is 19.1 Å². The number of rotatable bonds is 3. The lowest BCUT2D eigenvalue weighted by Gasteiger charge is -2.03. The molecule has 1 unspecified atom stereocenters. The molecule has 53 valence electrons. The van der Waals surface area contributed by atoms with Crippen molar-refractivity contribution in [1.82, 2.24) is 5.32 Å². The van der Waals surface area contributed by atoms with Gasteiger partial charge in [-0.1, -0.05) is 0 Å². The number of carbonyl (C=O) groups is 1. The molecule has 2 N–H and O–H groups in total. The van der Waals surface area contributed by atoms with Gasteiger partial charge in [0.1, 0.15) is 0 Å². The van der Waals surface area contributed by atoms with Gasteiger partial charge in [0.15, 0.2) is 0 Å². The monoisotopic (exact) mass is 132 g/mol. The van der Waals surface area contributed by atoms with E-state index in [4.69, 9.17) is 10.2 Å². The third-order valence-electron chi connectivity index (χ3n) is 0.735. The standard InChI is InChI=1S/C5H10NO3/c1-4(8)6-2-5(9)3-7/h5,7,9H,2-3H2,1H3. The lowest BCUT2D eigenvalue weighted by atomic mass is 10.4. The molecule has 0 aliphatic rings.